The van der Waals surface area contributed by atoms with Crippen LogP contribution in [0, 0.1) is 0 Å². The van der Waals surface area contributed by atoms with Gasteiger partial charge in [0.2, 0.25) is 0 Å². The van der Waals surface area contributed by atoms with E-state index < -0.39 is 0 Å². The van der Waals surface area contributed by atoms with Crippen molar-refractivity contribution in [2.24, 2.45) is 0 Å². The van der Waals surface area contributed by atoms with E-state index in [0.717, 1.165) is 62.0 Å². The fraction of sp³-hybridized carbons (Fsp3) is 0.0500. The van der Waals surface area contributed by atoms with Gasteiger partial charge in [-0.3, -0.25) is 0 Å². The van der Waals surface area contributed by atoms with E-state index >= 15 is 0 Å². The Hall–Kier alpha value is -5.54. The zero-order valence-electron chi connectivity index (χ0n) is 24.4. The summed E-state index contributed by atoms with van der Waals surface area (Å²) in [5.41, 5.74) is 10.3. The zero-order chi connectivity index (χ0) is 29.4. The summed E-state index contributed by atoms with van der Waals surface area (Å²) in [6.45, 7) is 0. The van der Waals surface area contributed by atoms with E-state index in [2.05, 4.69) is 144 Å². The predicted octanol–water partition coefficient (Wildman–Crippen LogP) is 10.2. The van der Waals surface area contributed by atoms with Gasteiger partial charge in [0.15, 0.2) is 0 Å². The Kier molecular flexibility index (Phi) is 8.33. The minimum absolute atomic E-state index is 0.861. The molecule has 43 heavy (non-hydrogen) atoms. The largest absolute Gasteiger partial charge is 0.497 e. The summed E-state index contributed by atoms with van der Waals surface area (Å²) in [6.07, 6.45) is 8.51. The molecule has 0 aliphatic rings. The Morgan fingerprint density at radius 1 is 0.395 bits per heavy atom. The Labute approximate surface area is 253 Å². The van der Waals surface area contributed by atoms with E-state index in [9.17, 15) is 0 Å². The van der Waals surface area contributed by atoms with Crippen molar-refractivity contribution >= 4 is 24.3 Å². The van der Waals surface area contributed by atoms with E-state index in [1.807, 2.05) is 24.3 Å². The van der Waals surface area contributed by atoms with Crippen LogP contribution in [-0.2, 0) is 0 Å². The SMILES string of the molecule is COc1ccc(/C=C/c2ccc(-c3ccc(-c4ccc(/C=C/c5ccc(OC)cc5)cc4)n3-c3ccccc3)cc2)cc1. The van der Waals surface area contributed by atoms with Crippen LogP contribution in [0.15, 0.2) is 140 Å². The number of benzene rings is 5. The average molecular weight is 560 g/mol. The van der Waals surface area contributed by atoms with Crippen LogP contribution in [0.4, 0.5) is 0 Å². The van der Waals surface area contributed by atoms with E-state index in [4.69, 9.17) is 9.47 Å². The van der Waals surface area contributed by atoms with Crippen LogP contribution in [-0.4, -0.2) is 18.8 Å². The summed E-state index contributed by atoms with van der Waals surface area (Å²) in [5, 5.41) is 0. The quantitative estimate of drug-likeness (QED) is 0.165. The molecule has 0 amide bonds. The number of hydrogen-bond donors (Lipinski definition) is 0. The third-order valence-electron chi connectivity index (χ3n) is 7.48. The van der Waals surface area contributed by atoms with Gasteiger partial charge in [-0.15, -0.1) is 0 Å². The molecule has 0 fully saturated rings. The van der Waals surface area contributed by atoms with Gasteiger partial charge in [-0.05, 0) is 81.9 Å². The van der Waals surface area contributed by atoms with Gasteiger partial charge in [-0.25, -0.2) is 0 Å². The number of methoxy groups -OCH3 is 2. The summed E-state index contributed by atoms with van der Waals surface area (Å²) in [6, 6.07) is 48.5. The minimum Gasteiger partial charge on any atom is -0.497 e. The molecule has 0 aliphatic heterocycles. The zero-order valence-corrected chi connectivity index (χ0v) is 24.4. The second-order valence-corrected chi connectivity index (χ2v) is 10.2. The maximum Gasteiger partial charge on any atom is 0.118 e. The topological polar surface area (TPSA) is 23.4 Å². The molecule has 210 valence electrons. The fourth-order valence-electron chi connectivity index (χ4n) is 5.09. The molecule has 0 N–H and O–H groups in total. The van der Waals surface area contributed by atoms with Crippen molar-refractivity contribution in [1.82, 2.24) is 4.57 Å². The summed E-state index contributed by atoms with van der Waals surface area (Å²) in [7, 11) is 3.37. The number of nitrogens with zero attached hydrogens (tertiary/aromatic N) is 1. The van der Waals surface area contributed by atoms with Crippen LogP contribution < -0.4 is 9.47 Å². The highest BCUT2D eigenvalue weighted by Crippen LogP contribution is 2.33. The summed E-state index contributed by atoms with van der Waals surface area (Å²) in [5.74, 6) is 1.72. The van der Waals surface area contributed by atoms with Gasteiger partial charge in [0, 0.05) is 5.69 Å². The third kappa shape index (κ3) is 6.52. The molecule has 1 aromatic heterocycles. The first kappa shape index (κ1) is 27.6. The molecular formula is C40H33NO2. The van der Waals surface area contributed by atoms with Crippen molar-refractivity contribution < 1.29 is 9.47 Å². The molecule has 0 saturated heterocycles. The first-order valence-electron chi connectivity index (χ1n) is 14.3. The van der Waals surface area contributed by atoms with Gasteiger partial charge in [-0.2, -0.15) is 0 Å². The molecule has 3 heteroatoms. The smallest absolute Gasteiger partial charge is 0.118 e. The highest BCUT2D eigenvalue weighted by Gasteiger charge is 2.13. The van der Waals surface area contributed by atoms with Crippen molar-refractivity contribution in [2.45, 2.75) is 0 Å². The van der Waals surface area contributed by atoms with Gasteiger partial charge < -0.3 is 14.0 Å². The third-order valence-corrected chi connectivity index (χ3v) is 7.48. The van der Waals surface area contributed by atoms with Crippen LogP contribution in [0.5, 0.6) is 11.5 Å². The fourth-order valence-corrected chi connectivity index (χ4v) is 5.09. The summed E-state index contributed by atoms with van der Waals surface area (Å²) < 4.78 is 12.9. The minimum atomic E-state index is 0.861. The number of ether oxygens (including phenoxy) is 2. The maximum absolute atomic E-state index is 5.26. The molecule has 0 radical (unpaired) electrons. The van der Waals surface area contributed by atoms with Crippen LogP contribution in [0.1, 0.15) is 22.3 Å². The van der Waals surface area contributed by atoms with E-state index in [0.29, 0.717) is 0 Å². The first-order valence-corrected chi connectivity index (χ1v) is 14.3. The highest BCUT2D eigenvalue weighted by molar-refractivity contribution is 5.77. The molecule has 0 atom stereocenters. The van der Waals surface area contributed by atoms with Gasteiger partial charge in [-0.1, -0.05) is 115 Å². The van der Waals surface area contributed by atoms with Crippen molar-refractivity contribution in [2.75, 3.05) is 14.2 Å². The Morgan fingerprint density at radius 3 is 1.09 bits per heavy atom. The van der Waals surface area contributed by atoms with Gasteiger partial charge in [0.05, 0.1) is 25.6 Å². The molecule has 5 aromatic carbocycles. The molecule has 6 rings (SSSR count). The molecule has 0 spiro atoms. The van der Waals surface area contributed by atoms with Crippen molar-refractivity contribution in [3.05, 3.63) is 162 Å². The molecular weight excluding hydrogens is 526 g/mol. The lowest BCUT2D eigenvalue weighted by Crippen LogP contribution is -1.99. The second kappa shape index (κ2) is 13.0. The molecule has 1 heterocycles. The molecule has 0 saturated carbocycles. The van der Waals surface area contributed by atoms with Crippen LogP contribution >= 0.6 is 0 Å². The van der Waals surface area contributed by atoms with E-state index in [1.165, 1.54) is 0 Å². The molecule has 3 nitrogen and oxygen atoms in total. The molecule has 6 aromatic rings. The molecule has 0 aliphatic carbocycles. The monoisotopic (exact) mass is 559 g/mol. The Morgan fingerprint density at radius 2 is 0.744 bits per heavy atom. The van der Waals surface area contributed by atoms with Gasteiger partial charge in [0.25, 0.3) is 0 Å². The Bertz CT molecular complexity index is 1710. The predicted molar refractivity (Wildman–Crippen MR) is 180 cm³/mol. The second-order valence-electron chi connectivity index (χ2n) is 10.2. The summed E-state index contributed by atoms with van der Waals surface area (Å²) in [4.78, 5) is 0. The van der Waals surface area contributed by atoms with E-state index in [1.54, 1.807) is 14.2 Å². The number of hydrogen-bond acceptors (Lipinski definition) is 2. The van der Waals surface area contributed by atoms with E-state index in [-0.39, 0.29) is 0 Å². The lowest BCUT2D eigenvalue weighted by Gasteiger charge is -2.15. The average Bonchev–Trinajstić information content (AvgIpc) is 3.53. The molecule has 0 bridgehead atoms. The van der Waals surface area contributed by atoms with Crippen LogP contribution in [0.2, 0.25) is 0 Å². The van der Waals surface area contributed by atoms with Crippen LogP contribution in [0.25, 0.3) is 52.5 Å². The lowest BCUT2D eigenvalue weighted by atomic mass is 10.1. The standard InChI is InChI=1S/C40H33NO2/c1-42-37-24-16-32(17-25-37)10-8-30-12-20-34(21-13-30)39-28-29-40(41(39)36-6-4-3-5-7-36)35-22-14-31(15-23-35)9-11-33-18-26-38(43-2)27-19-33/h3-29H,1-2H3/b10-8+,11-9+. The maximum atomic E-state index is 5.26. The summed E-state index contributed by atoms with van der Waals surface area (Å²) >= 11 is 0. The Balaban J connectivity index is 1.26. The van der Waals surface area contributed by atoms with Crippen LogP contribution in [0.3, 0.4) is 0 Å². The number of aromatic nitrogens is 1. The molecule has 0 unspecified atom stereocenters. The van der Waals surface area contributed by atoms with Crippen molar-refractivity contribution in [3.63, 3.8) is 0 Å². The van der Waals surface area contributed by atoms with Crippen molar-refractivity contribution in [3.8, 4) is 39.7 Å². The number of rotatable bonds is 9. The van der Waals surface area contributed by atoms with Gasteiger partial charge in [0.1, 0.15) is 11.5 Å². The van der Waals surface area contributed by atoms with Gasteiger partial charge >= 0.3 is 0 Å². The van der Waals surface area contributed by atoms with Crippen molar-refractivity contribution in [1.29, 1.82) is 0 Å². The first-order chi connectivity index (χ1) is 21.2. The normalized spacial score (nSPS) is 11.3. The lowest BCUT2D eigenvalue weighted by molar-refractivity contribution is 0.414. The highest BCUT2D eigenvalue weighted by atomic mass is 16.5. The number of para-hydroxylation sites is 1.